The molecule has 1 N–H and O–H groups in total. The van der Waals surface area contributed by atoms with Gasteiger partial charge < -0.3 is 5.32 Å². The van der Waals surface area contributed by atoms with Crippen molar-refractivity contribution in [2.24, 2.45) is 17.8 Å². The Morgan fingerprint density at radius 2 is 1.89 bits per heavy atom. The fraction of sp³-hybridized carbons (Fsp3) is 0.533. The van der Waals surface area contributed by atoms with E-state index in [2.05, 4.69) is 17.4 Å². The van der Waals surface area contributed by atoms with Crippen LogP contribution in [0.1, 0.15) is 19.3 Å². The SMILES string of the molecule is O=C(NCCSc1ccccc1)C1CC2CC2C1. The standard InChI is InChI=1S/C15H19NOS/c17-15(13-9-11-8-12(11)10-13)16-6-7-18-14-4-2-1-3-5-14/h1-5,11-13H,6-10H2,(H,16,17). The van der Waals surface area contributed by atoms with Crippen LogP contribution in [0.3, 0.4) is 0 Å². The van der Waals surface area contributed by atoms with E-state index >= 15 is 0 Å². The van der Waals surface area contributed by atoms with Crippen molar-refractivity contribution in [3.8, 4) is 0 Å². The zero-order chi connectivity index (χ0) is 12.4. The van der Waals surface area contributed by atoms with Gasteiger partial charge >= 0.3 is 0 Å². The van der Waals surface area contributed by atoms with Gasteiger partial charge in [-0.05, 0) is 43.2 Å². The van der Waals surface area contributed by atoms with Crippen molar-refractivity contribution < 1.29 is 4.79 Å². The summed E-state index contributed by atoms with van der Waals surface area (Å²) in [5, 5.41) is 3.08. The van der Waals surface area contributed by atoms with Crippen LogP contribution in [0.15, 0.2) is 35.2 Å². The molecule has 0 aromatic heterocycles. The van der Waals surface area contributed by atoms with Crippen LogP contribution in [-0.2, 0) is 4.79 Å². The molecule has 0 spiro atoms. The zero-order valence-electron chi connectivity index (χ0n) is 10.5. The lowest BCUT2D eigenvalue weighted by atomic mass is 10.0. The zero-order valence-corrected chi connectivity index (χ0v) is 11.3. The Labute approximate surface area is 113 Å². The first-order chi connectivity index (χ1) is 8.83. The van der Waals surface area contributed by atoms with Crippen LogP contribution in [0.4, 0.5) is 0 Å². The molecule has 2 aliphatic rings. The number of amides is 1. The van der Waals surface area contributed by atoms with Crippen LogP contribution < -0.4 is 5.32 Å². The van der Waals surface area contributed by atoms with Gasteiger partial charge in [0.2, 0.25) is 5.91 Å². The minimum atomic E-state index is 0.288. The fourth-order valence-electron chi connectivity index (χ4n) is 2.93. The van der Waals surface area contributed by atoms with Crippen molar-refractivity contribution in [2.75, 3.05) is 12.3 Å². The highest BCUT2D eigenvalue weighted by Crippen LogP contribution is 2.54. The third kappa shape index (κ3) is 2.89. The molecular weight excluding hydrogens is 242 g/mol. The van der Waals surface area contributed by atoms with Gasteiger partial charge in [0.1, 0.15) is 0 Å². The number of fused-ring (bicyclic) bond motifs is 1. The minimum Gasteiger partial charge on any atom is -0.355 e. The third-order valence-electron chi connectivity index (χ3n) is 4.03. The van der Waals surface area contributed by atoms with E-state index in [4.69, 9.17) is 0 Å². The first kappa shape index (κ1) is 12.1. The van der Waals surface area contributed by atoms with Crippen LogP contribution in [0.5, 0.6) is 0 Å². The van der Waals surface area contributed by atoms with Crippen molar-refractivity contribution >= 4 is 17.7 Å². The summed E-state index contributed by atoms with van der Waals surface area (Å²) >= 11 is 1.80. The molecule has 2 saturated carbocycles. The Kier molecular flexibility index (Phi) is 3.59. The smallest absolute Gasteiger partial charge is 0.223 e. The summed E-state index contributed by atoms with van der Waals surface area (Å²) in [4.78, 5) is 13.2. The fourth-order valence-corrected chi connectivity index (χ4v) is 3.72. The Morgan fingerprint density at radius 1 is 1.17 bits per heavy atom. The second kappa shape index (κ2) is 5.35. The molecule has 2 unspecified atom stereocenters. The van der Waals surface area contributed by atoms with Gasteiger partial charge in [-0.25, -0.2) is 0 Å². The number of thioether (sulfide) groups is 1. The van der Waals surface area contributed by atoms with Gasteiger partial charge in [-0.2, -0.15) is 0 Å². The normalized spacial score (nSPS) is 28.8. The summed E-state index contributed by atoms with van der Waals surface area (Å²) in [6.07, 6.45) is 3.66. The number of nitrogens with one attached hydrogen (secondary N) is 1. The molecule has 0 radical (unpaired) electrons. The molecule has 1 aromatic rings. The molecule has 1 amide bonds. The topological polar surface area (TPSA) is 29.1 Å². The summed E-state index contributed by atoms with van der Waals surface area (Å²) in [5.74, 6) is 3.33. The third-order valence-corrected chi connectivity index (χ3v) is 5.04. The van der Waals surface area contributed by atoms with Crippen LogP contribution >= 0.6 is 11.8 Å². The van der Waals surface area contributed by atoms with Crippen LogP contribution in [0, 0.1) is 17.8 Å². The van der Waals surface area contributed by atoms with E-state index in [0.29, 0.717) is 5.92 Å². The molecule has 0 aliphatic heterocycles. The maximum absolute atomic E-state index is 11.9. The van der Waals surface area contributed by atoms with Crippen LogP contribution in [0.2, 0.25) is 0 Å². The number of hydrogen-bond acceptors (Lipinski definition) is 2. The Morgan fingerprint density at radius 3 is 2.61 bits per heavy atom. The largest absolute Gasteiger partial charge is 0.355 e. The Hall–Kier alpha value is -0.960. The first-order valence-electron chi connectivity index (χ1n) is 6.78. The van der Waals surface area contributed by atoms with E-state index in [-0.39, 0.29) is 5.91 Å². The van der Waals surface area contributed by atoms with E-state index in [0.717, 1.165) is 37.0 Å². The highest BCUT2D eigenvalue weighted by Gasteiger charge is 2.47. The van der Waals surface area contributed by atoms with Gasteiger partial charge in [-0.3, -0.25) is 4.79 Å². The van der Waals surface area contributed by atoms with E-state index in [1.54, 1.807) is 11.8 Å². The number of carbonyl (C=O) groups is 1. The van der Waals surface area contributed by atoms with Crippen molar-refractivity contribution in [1.29, 1.82) is 0 Å². The van der Waals surface area contributed by atoms with Crippen molar-refractivity contribution in [2.45, 2.75) is 24.2 Å². The molecule has 1 aromatic carbocycles. The second-order valence-electron chi connectivity index (χ2n) is 5.38. The highest BCUT2D eigenvalue weighted by molar-refractivity contribution is 7.99. The van der Waals surface area contributed by atoms with E-state index < -0.39 is 0 Å². The van der Waals surface area contributed by atoms with Crippen molar-refractivity contribution in [1.82, 2.24) is 5.32 Å². The van der Waals surface area contributed by atoms with Crippen LogP contribution in [0.25, 0.3) is 0 Å². The molecule has 2 nitrogen and oxygen atoms in total. The maximum Gasteiger partial charge on any atom is 0.223 e. The van der Waals surface area contributed by atoms with Gasteiger partial charge in [-0.15, -0.1) is 11.8 Å². The molecule has 0 bridgehead atoms. The highest BCUT2D eigenvalue weighted by atomic mass is 32.2. The molecule has 3 rings (SSSR count). The Bertz CT molecular complexity index is 410. The summed E-state index contributed by atoms with van der Waals surface area (Å²) in [5.41, 5.74) is 0. The molecule has 2 aliphatic carbocycles. The first-order valence-corrected chi connectivity index (χ1v) is 7.77. The lowest BCUT2D eigenvalue weighted by Gasteiger charge is -2.11. The molecule has 96 valence electrons. The number of carbonyl (C=O) groups excluding carboxylic acids is 1. The molecule has 18 heavy (non-hydrogen) atoms. The van der Waals surface area contributed by atoms with E-state index in [1.807, 2.05) is 18.2 Å². The van der Waals surface area contributed by atoms with Crippen molar-refractivity contribution in [3.05, 3.63) is 30.3 Å². The minimum absolute atomic E-state index is 0.288. The van der Waals surface area contributed by atoms with Crippen molar-refractivity contribution in [3.63, 3.8) is 0 Å². The van der Waals surface area contributed by atoms with Gasteiger partial charge in [0.25, 0.3) is 0 Å². The quantitative estimate of drug-likeness (QED) is 0.652. The second-order valence-corrected chi connectivity index (χ2v) is 6.55. The summed E-state index contributed by atoms with van der Waals surface area (Å²) < 4.78 is 0. The summed E-state index contributed by atoms with van der Waals surface area (Å²) in [6.45, 7) is 0.782. The van der Waals surface area contributed by atoms with Gasteiger partial charge in [0.15, 0.2) is 0 Å². The summed E-state index contributed by atoms with van der Waals surface area (Å²) in [6, 6.07) is 10.3. The molecule has 2 atom stereocenters. The average Bonchev–Trinajstić information content (AvgIpc) is 3.02. The van der Waals surface area contributed by atoms with E-state index in [1.165, 1.54) is 11.3 Å². The predicted molar refractivity (Wildman–Crippen MR) is 74.5 cm³/mol. The Balaban J connectivity index is 1.33. The van der Waals surface area contributed by atoms with E-state index in [9.17, 15) is 4.79 Å². The lowest BCUT2D eigenvalue weighted by Crippen LogP contribution is -2.31. The molecule has 3 heteroatoms. The predicted octanol–water partition coefficient (Wildman–Crippen LogP) is 2.94. The number of rotatable bonds is 5. The molecule has 2 fully saturated rings. The summed E-state index contributed by atoms with van der Waals surface area (Å²) in [7, 11) is 0. The molecular formula is C15H19NOS. The average molecular weight is 261 g/mol. The molecule has 0 heterocycles. The van der Waals surface area contributed by atoms with Gasteiger partial charge in [0.05, 0.1) is 0 Å². The number of benzene rings is 1. The van der Waals surface area contributed by atoms with Gasteiger partial charge in [-0.1, -0.05) is 18.2 Å². The lowest BCUT2D eigenvalue weighted by molar-refractivity contribution is -0.124. The monoisotopic (exact) mass is 261 g/mol. The number of hydrogen-bond donors (Lipinski definition) is 1. The van der Waals surface area contributed by atoms with Crippen LogP contribution in [-0.4, -0.2) is 18.2 Å². The van der Waals surface area contributed by atoms with Gasteiger partial charge in [0, 0.05) is 23.1 Å². The maximum atomic E-state index is 11.9. The molecule has 0 saturated heterocycles.